The van der Waals surface area contributed by atoms with Crippen molar-refractivity contribution >= 4 is 5.91 Å². The molecule has 1 rings (SSSR count). The molecule has 1 aromatic carbocycles. The largest absolute Gasteiger partial charge is 0.378 e. The molecule has 17 heavy (non-hydrogen) atoms. The molecule has 0 aromatic heterocycles. The van der Waals surface area contributed by atoms with E-state index in [1.807, 2.05) is 0 Å². The van der Waals surface area contributed by atoms with Crippen LogP contribution in [0.3, 0.4) is 0 Å². The van der Waals surface area contributed by atoms with E-state index < -0.39 is 12.0 Å². The van der Waals surface area contributed by atoms with Crippen molar-refractivity contribution in [3.05, 3.63) is 35.6 Å². The molecule has 1 amide bonds. The number of amides is 1. The van der Waals surface area contributed by atoms with Crippen LogP contribution in [0.25, 0.3) is 0 Å². The van der Waals surface area contributed by atoms with Crippen molar-refractivity contribution in [2.75, 3.05) is 6.54 Å². The van der Waals surface area contributed by atoms with Crippen molar-refractivity contribution in [2.45, 2.75) is 26.4 Å². The van der Waals surface area contributed by atoms with Crippen molar-refractivity contribution in [2.24, 2.45) is 5.92 Å². The van der Waals surface area contributed by atoms with Gasteiger partial charge in [-0.3, -0.25) is 4.79 Å². The predicted octanol–water partition coefficient (Wildman–Crippen LogP) is 2.02. The van der Waals surface area contributed by atoms with Gasteiger partial charge in [0.25, 0.3) is 5.91 Å². The quantitative estimate of drug-likeness (QED) is 0.826. The summed E-state index contributed by atoms with van der Waals surface area (Å²) in [5.74, 6) is -0.336. The minimum atomic E-state index is -1.23. The molecule has 0 heterocycles. The van der Waals surface area contributed by atoms with E-state index in [-0.39, 0.29) is 5.82 Å². The summed E-state index contributed by atoms with van der Waals surface area (Å²) < 4.78 is 12.7. The first kappa shape index (κ1) is 13.6. The lowest BCUT2D eigenvalue weighted by Gasteiger charge is -2.12. The first-order valence-electron chi connectivity index (χ1n) is 5.72. The summed E-state index contributed by atoms with van der Waals surface area (Å²) in [6.07, 6.45) is -0.371. The molecule has 0 aliphatic rings. The fourth-order valence-electron chi connectivity index (χ4n) is 1.38. The van der Waals surface area contributed by atoms with Crippen molar-refractivity contribution in [1.29, 1.82) is 0 Å². The maximum absolute atomic E-state index is 12.7. The Bertz CT molecular complexity index is 362. The molecule has 0 saturated heterocycles. The fraction of sp³-hybridized carbons (Fsp3) is 0.462. The van der Waals surface area contributed by atoms with Gasteiger partial charge in [0.05, 0.1) is 0 Å². The van der Waals surface area contributed by atoms with Gasteiger partial charge in [0, 0.05) is 6.54 Å². The smallest absolute Gasteiger partial charge is 0.253 e. The summed E-state index contributed by atoms with van der Waals surface area (Å²) >= 11 is 0. The average Bonchev–Trinajstić information content (AvgIpc) is 2.28. The number of benzene rings is 1. The van der Waals surface area contributed by atoms with Crippen LogP contribution < -0.4 is 5.32 Å². The van der Waals surface area contributed by atoms with E-state index in [4.69, 9.17) is 0 Å². The Hall–Kier alpha value is -1.42. The Labute approximate surface area is 101 Å². The molecule has 1 atom stereocenters. The summed E-state index contributed by atoms with van der Waals surface area (Å²) in [6.45, 7) is 4.65. The third-order valence-corrected chi connectivity index (χ3v) is 2.46. The van der Waals surface area contributed by atoms with Gasteiger partial charge in [-0.15, -0.1) is 0 Å². The summed E-state index contributed by atoms with van der Waals surface area (Å²) in [6, 6.07) is 5.25. The molecule has 1 aromatic rings. The Morgan fingerprint density at radius 3 is 2.47 bits per heavy atom. The highest BCUT2D eigenvalue weighted by molar-refractivity contribution is 5.81. The number of nitrogens with one attached hydrogen (secondary N) is 1. The van der Waals surface area contributed by atoms with Crippen LogP contribution in [0.15, 0.2) is 24.3 Å². The summed E-state index contributed by atoms with van der Waals surface area (Å²) in [5, 5.41) is 12.4. The minimum absolute atomic E-state index is 0.388. The fourth-order valence-corrected chi connectivity index (χ4v) is 1.38. The van der Waals surface area contributed by atoms with Crippen molar-refractivity contribution in [3.63, 3.8) is 0 Å². The van der Waals surface area contributed by atoms with Crippen molar-refractivity contribution < 1.29 is 14.3 Å². The summed E-state index contributed by atoms with van der Waals surface area (Å²) in [5.41, 5.74) is 0.397. The highest BCUT2D eigenvalue weighted by Crippen LogP contribution is 2.13. The standard InChI is InChI=1S/C13H18FNO2/c1-9(2)7-8-15-13(17)12(16)10-3-5-11(14)6-4-10/h3-6,9,12,16H,7-8H2,1-2H3,(H,15,17). The van der Waals surface area contributed by atoms with Crippen LogP contribution in [0.5, 0.6) is 0 Å². The van der Waals surface area contributed by atoms with Crippen LogP contribution in [0, 0.1) is 11.7 Å². The molecular weight excluding hydrogens is 221 g/mol. The number of aliphatic hydroxyl groups is 1. The van der Waals surface area contributed by atoms with E-state index in [0.717, 1.165) is 6.42 Å². The highest BCUT2D eigenvalue weighted by atomic mass is 19.1. The number of hydrogen-bond donors (Lipinski definition) is 2. The van der Waals surface area contributed by atoms with Crippen molar-refractivity contribution in [3.8, 4) is 0 Å². The molecular formula is C13H18FNO2. The third kappa shape index (κ3) is 4.53. The van der Waals surface area contributed by atoms with Gasteiger partial charge in [-0.2, -0.15) is 0 Å². The monoisotopic (exact) mass is 239 g/mol. The van der Waals surface area contributed by atoms with Crippen LogP contribution in [0.4, 0.5) is 4.39 Å². The summed E-state index contributed by atoms with van der Waals surface area (Å²) in [7, 11) is 0. The molecule has 4 heteroatoms. The second-order valence-electron chi connectivity index (χ2n) is 4.43. The van der Waals surface area contributed by atoms with E-state index in [9.17, 15) is 14.3 Å². The van der Waals surface area contributed by atoms with Gasteiger partial charge in [-0.1, -0.05) is 26.0 Å². The molecule has 3 nitrogen and oxygen atoms in total. The van der Waals surface area contributed by atoms with Crippen LogP contribution >= 0.6 is 0 Å². The normalized spacial score (nSPS) is 12.5. The number of hydrogen-bond acceptors (Lipinski definition) is 2. The number of rotatable bonds is 5. The average molecular weight is 239 g/mol. The van der Waals surface area contributed by atoms with Gasteiger partial charge in [-0.25, -0.2) is 4.39 Å². The first-order valence-corrected chi connectivity index (χ1v) is 5.72. The summed E-state index contributed by atoms with van der Waals surface area (Å²) in [4.78, 5) is 11.6. The predicted molar refractivity (Wildman–Crippen MR) is 63.8 cm³/mol. The minimum Gasteiger partial charge on any atom is -0.378 e. The molecule has 94 valence electrons. The zero-order chi connectivity index (χ0) is 12.8. The van der Waals surface area contributed by atoms with Crippen LogP contribution in [-0.2, 0) is 4.79 Å². The zero-order valence-electron chi connectivity index (χ0n) is 10.1. The maximum Gasteiger partial charge on any atom is 0.253 e. The SMILES string of the molecule is CC(C)CCNC(=O)C(O)c1ccc(F)cc1. The zero-order valence-corrected chi connectivity index (χ0v) is 10.1. The third-order valence-electron chi connectivity index (χ3n) is 2.46. The van der Waals surface area contributed by atoms with E-state index in [2.05, 4.69) is 19.2 Å². The molecule has 1 unspecified atom stereocenters. The second-order valence-corrected chi connectivity index (χ2v) is 4.43. The molecule has 0 aliphatic carbocycles. The Morgan fingerprint density at radius 2 is 1.94 bits per heavy atom. The lowest BCUT2D eigenvalue weighted by Crippen LogP contribution is -2.30. The molecule has 2 N–H and O–H groups in total. The van der Waals surface area contributed by atoms with Gasteiger partial charge in [0.1, 0.15) is 5.82 Å². The van der Waals surface area contributed by atoms with Crippen LogP contribution in [0.2, 0.25) is 0 Å². The van der Waals surface area contributed by atoms with Gasteiger partial charge >= 0.3 is 0 Å². The number of carbonyl (C=O) groups is 1. The van der Waals surface area contributed by atoms with E-state index in [1.54, 1.807) is 0 Å². The van der Waals surface area contributed by atoms with Crippen molar-refractivity contribution in [1.82, 2.24) is 5.32 Å². The van der Waals surface area contributed by atoms with E-state index in [0.29, 0.717) is 18.0 Å². The lowest BCUT2D eigenvalue weighted by atomic mass is 10.1. The van der Waals surface area contributed by atoms with Crippen LogP contribution in [-0.4, -0.2) is 17.6 Å². The molecule has 0 aliphatic heterocycles. The van der Waals surface area contributed by atoms with Gasteiger partial charge in [0.15, 0.2) is 6.10 Å². The van der Waals surface area contributed by atoms with Gasteiger partial charge in [0.2, 0.25) is 0 Å². The maximum atomic E-state index is 12.7. The molecule has 0 spiro atoms. The van der Waals surface area contributed by atoms with Crippen LogP contribution in [0.1, 0.15) is 31.9 Å². The van der Waals surface area contributed by atoms with E-state index >= 15 is 0 Å². The first-order chi connectivity index (χ1) is 8.00. The number of halogens is 1. The molecule has 0 bridgehead atoms. The van der Waals surface area contributed by atoms with E-state index in [1.165, 1.54) is 24.3 Å². The number of aliphatic hydroxyl groups excluding tert-OH is 1. The topological polar surface area (TPSA) is 49.3 Å². The molecule has 0 fully saturated rings. The highest BCUT2D eigenvalue weighted by Gasteiger charge is 2.16. The molecule has 0 saturated carbocycles. The Balaban J connectivity index is 2.49. The molecule has 0 radical (unpaired) electrons. The Morgan fingerprint density at radius 1 is 1.35 bits per heavy atom. The lowest BCUT2D eigenvalue weighted by molar-refractivity contribution is -0.129. The second kappa shape index (κ2) is 6.35. The Kier molecular flexibility index (Phi) is 5.10. The van der Waals surface area contributed by atoms with Gasteiger partial charge < -0.3 is 10.4 Å². The number of carbonyl (C=O) groups excluding carboxylic acids is 1. The van der Waals surface area contributed by atoms with Gasteiger partial charge in [-0.05, 0) is 30.0 Å².